The van der Waals surface area contributed by atoms with Gasteiger partial charge in [-0.25, -0.2) is 4.79 Å². The second-order valence-electron chi connectivity index (χ2n) is 3.88. The summed E-state index contributed by atoms with van der Waals surface area (Å²) in [6, 6.07) is 0. The van der Waals surface area contributed by atoms with Crippen LogP contribution in [0.5, 0.6) is 0 Å². The Balaban J connectivity index is 2.03. The van der Waals surface area contributed by atoms with E-state index < -0.39 is 11.2 Å². The van der Waals surface area contributed by atoms with E-state index in [4.69, 9.17) is 9.15 Å². The van der Waals surface area contributed by atoms with Crippen molar-refractivity contribution in [1.82, 2.24) is 15.1 Å². The van der Waals surface area contributed by atoms with Crippen LogP contribution in [-0.2, 0) is 14.3 Å². The number of nitrogens with zero attached hydrogens (tertiary/aromatic N) is 3. The lowest BCUT2D eigenvalue weighted by Gasteiger charge is -2.10. The Morgan fingerprint density at radius 3 is 2.80 bits per heavy atom. The van der Waals surface area contributed by atoms with Crippen LogP contribution in [0.15, 0.2) is 9.64 Å². The van der Waals surface area contributed by atoms with Crippen molar-refractivity contribution in [3.05, 3.63) is 5.89 Å². The average molecular weight is 299 g/mol. The molecule has 1 unspecified atom stereocenters. The van der Waals surface area contributed by atoms with Crippen molar-refractivity contribution < 1.29 is 23.5 Å². The summed E-state index contributed by atoms with van der Waals surface area (Å²) in [5.74, 6) is -1.48. The largest absolute Gasteiger partial charge is 0.459 e. The van der Waals surface area contributed by atoms with E-state index in [1.807, 2.05) is 0 Å². The van der Waals surface area contributed by atoms with Gasteiger partial charge < -0.3 is 9.15 Å². The number of thioether (sulfide) groups is 1. The van der Waals surface area contributed by atoms with Crippen LogP contribution in [0.25, 0.3) is 0 Å². The molecule has 0 radical (unpaired) electrons. The number of amides is 2. The molecular weight excluding hydrogens is 286 g/mol. The Morgan fingerprint density at radius 1 is 1.45 bits per heavy atom. The highest BCUT2D eigenvalue weighted by Crippen LogP contribution is 2.30. The Kier molecular flexibility index (Phi) is 4.38. The van der Waals surface area contributed by atoms with E-state index in [1.54, 1.807) is 13.8 Å². The van der Waals surface area contributed by atoms with Crippen molar-refractivity contribution in [2.24, 2.45) is 0 Å². The van der Waals surface area contributed by atoms with Crippen molar-refractivity contribution in [1.29, 1.82) is 0 Å². The van der Waals surface area contributed by atoms with Crippen LogP contribution in [0.2, 0.25) is 0 Å². The molecule has 1 atom stereocenters. The van der Waals surface area contributed by atoms with Crippen LogP contribution in [0.1, 0.15) is 31.0 Å². The lowest BCUT2D eigenvalue weighted by molar-refractivity contribution is -0.137. The van der Waals surface area contributed by atoms with E-state index in [2.05, 4.69) is 10.2 Å². The lowest BCUT2D eigenvalue weighted by Crippen LogP contribution is -2.30. The number of imide groups is 1. The van der Waals surface area contributed by atoms with Crippen LogP contribution < -0.4 is 0 Å². The molecule has 2 amide bonds. The Labute approximate surface area is 118 Å². The van der Waals surface area contributed by atoms with E-state index in [-0.39, 0.29) is 36.0 Å². The van der Waals surface area contributed by atoms with Crippen LogP contribution >= 0.6 is 11.8 Å². The molecule has 0 bridgehead atoms. The normalized spacial score (nSPS) is 18.7. The molecule has 1 saturated heterocycles. The standard InChI is InChI=1S/C11H13N3O5S/c1-3-14-7(15)5-6(9(14)16)20-11-13-12-8(19-11)10(17)18-4-2/h6H,3-5H2,1-2H3. The summed E-state index contributed by atoms with van der Waals surface area (Å²) in [5.41, 5.74) is 0. The monoisotopic (exact) mass is 299 g/mol. The molecule has 1 aliphatic rings. The van der Waals surface area contributed by atoms with Crippen LogP contribution in [0, 0.1) is 0 Å². The van der Waals surface area contributed by atoms with Gasteiger partial charge in [0.05, 0.1) is 6.61 Å². The van der Waals surface area contributed by atoms with Crippen molar-refractivity contribution in [3.63, 3.8) is 0 Å². The molecule has 0 aliphatic carbocycles. The number of carbonyl (C=O) groups is 3. The van der Waals surface area contributed by atoms with Crippen LogP contribution in [0.3, 0.4) is 0 Å². The minimum Gasteiger partial charge on any atom is -0.459 e. The van der Waals surface area contributed by atoms with Crippen LogP contribution in [0.4, 0.5) is 0 Å². The first-order valence-electron chi connectivity index (χ1n) is 6.08. The smallest absolute Gasteiger partial charge is 0.396 e. The Hall–Kier alpha value is -1.90. The highest BCUT2D eigenvalue weighted by Gasteiger charge is 2.39. The molecule has 9 heteroatoms. The van der Waals surface area contributed by atoms with Gasteiger partial charge in [-0.3, -0.25) is 14.5 Å². The van der Waals surface area contributed by atoms with E-state index in [1.165, 1.54) is 4.90 Å². The molecule has 0 saturated carbocycles. The number of rotatable bonds is 5. The van der Waals surface area contributed by atoms with Gasteiger partial charge in [0.1, 0.15) is 5.25 Å². The fourth-order valence-electron chi connectivity index (χ4n) is 1.73. The third kappa shape index (κ3) is 2.82. The second kappa shape index (κ2) is 6.04. The predicted octanol–water partition coefficient (Wildman–Crippen LogP) is 0.486. The fraction of sp³-hybridized carbons (Fsp3) is 0.545. The zero-order valence-electron chi connectivity index (χ0n) is 11.0. The molecule has 0 spiro atoms. The molecule has 108 valence electrons. The quantitative estimate of drug-likeness (QED) is 0.571. The maximum Gasteiger partial charge on any atom is 0.396 e. The van der Waals surface area contributed by atoms with Gasteiger partial charge in [-0.2, -0.15) is 0 Å². The van der Waals surface area contributed by atoms with Crippen molar-refractivity contribution in [2.75, 3.05) is 13.2 Å². The molecule has 2 heterocycles. The van der Waals surface area contributed by atoms with Crippen molar-refractivity contribution in [3.8, 4) is 0 Å². The van der Waals surface area contributed by atoms with Gasteiger partial charge in [-0.05, 0) is 13.8 Å². The van der Waals surface area contributed by atoms with Crippen LogP contribution in [-0.4, -0.2) is 51.3 Å². The molecule has 8 nitrogen and oxygen atoms in total. The molecule has 1 aromatic rings. The highest BCUT2D eigenvalue weighted by atomic mass is 32.2. The SMILES string of the molecule is CCOC(=O)c1nnc(SC2CC(=O)N(CC)C2=O)o1. The second-order valence-corrected chi connectivity index (χ2v) is 5.03. The molecule has 1 fully saturated rings. The average Bonchev–Trinajstić information content (AvgIpc) is 2.97. The maximum absolute atomic E-state index is 11.9. The van der Waals surface area contributed by atoms with Gasteiger partial charge in [0.2, 0.25) is 11.8 Å². The van der Waals surface area contributed by atoms with E-state index in [0.717, 1.165) is 11.8 Å². The Bertz CT molecular complexity index is 544. The van der Waals surface area contributed by atoms with Gasteiger partial charge in [0.15, 0.2) is 0 Å². The zero-order valence-corrected chi connectivity index (χ0v) is 11.8. The maximum atomic E-state index is 11.9. The minimum absolute atomic E-state index is 0.0668. The summed E-state index contributed by atoms with van der Waals surface area (Å²) in [4.78, 5) is 36.0. The number of ether oxygens (including phenoxy) is 1. The van der Waals surface area contributed by atoms with Gasteiger partial charge in [-0.1, -0.05) is 16.9 Å². The topological polar surface area (TPSA) is 103 Å². The molecule has 1 aliphatic heterocycles. The predicted molar refractivity (Wildman–Crippen MR) is 66.9 cm³/mol. The third-order valence-electron chi connectivity index (χ3n) is 2.62. The number of hydrogen-bond donors (Lipinski definition) is 0. The molecule has 1 aromatic heterocycles. The third-order valence-corrected chi connectivity index (χ3v) is 3.64. The number of esters is 1. The highest BCUT2D eigenvalue weighted by molar-refractivity contribution is 8.00. The fourth-order valence-corrected chi connectivity index (χ4v) is 2.64. The van der Waals surface area contributed by atoms with Gasteiger partial charge >= 0.3 is 11.9 Å². The van der Waals surface area contributed by atoms with E-state index in [9.17, 15) is 14.4 Å². The summed E-state index contributed by atoms with van der Waals surface area (Å²) in [7, 11) is 0. The number of likely N-dealkylation sites (tertiary alicyclic amines) is 1. The van der Waals surface area contributed by atoms with Crippen molar-refractivity contribution in [2.45, 2.75) is 30.7 Å². The lowest BCUT2D eigenvalue weighted by atomic mass is 10.4. The summed E-state index contributed by atoms with van der Waals surface area (Å²) in [6.45, 7) is 3.93. The summed E-state index contributed by atoms with van der Waals surface area (Å²) >= 11 is 0.978. The van der Waals surface area contributed by atoms with Gasteiger partial charge in [0.25, 0.3) is 5.22 Å². The molecule has 20 heavy (non-hydrogen) atoms. The zero-order chi connectivity index (χ0) is 14.7. The molecule has 0 N–H and O–H groups in total. The molecule has 2 rings (SSSR count). The van der Waals surface area contributed by atoms with Crippen molar-refractivity contribution >= 4 is 29.5 Å². The summed E-state index contributed by atoms with van der Waals surface area (Å²) in [5, 5.41) is 6.68. The van der Waals surface area contributed by atoms with E-state index in [0.29, 0.717) is 6.54 Å². The first-order valence-corrected chi connectivity index (χ1v) is 6.96. The number of hydrogen-bond acceptors (Lipinski definition) is 8. The molecular formula is C11H13N3O5S. The molecule has 0 aromatic carbocycles. The summed E-state index contributed by atoms with van der Waals surface area (Å²) in [6.07, 6.45) is 0.0917. The summed E-state index contributed by atoms with van der Waals surface area (Å²) < 4.78 is 9.81. The van der Waals surface area contributed by atoms with Gasteiger partial charge in [0, 0.05) is 13.0 Å². The Morgan fingerprint density at radius 2 is 2.20 bits per heavy atom. The number of carbonyl (C=O) groups excluding carboxylic acids is 3. The minimum atomic E-state index is -0.712. The number of aromatic nitrogens is 2. The van der Waals surface area contributed by atoms with E-state index >= 15 is 0 Å². The first kappa shape index (κ1) is 14.5. The first-order chi connectivity index (χ1) is 9.56. The van der Waals surface area contributed by atoms with Gasteiger partial charge in [-0.15, -0.1) is 5.10 Å².